The summed E-state index contributed by atoms with van der Waals surface area (Å²) in [6, 6.07) is 9.62. The first kappa shape index (κ1) is 12.6. The van der Waals surface area contributed by atoms with Crippen LogP contribution in [0.1, 0.15) is 35.2 Å². The van der Waals surface area contributed by atoms with Gasteiger partial charge in [-0.3, -0.25) is 0 Å². The number of benzene rings is 1. The van der Waals surface area contributed by atoms with Gasteiger partial charge in [0.05, 0.1) is 11.6 Å². The molecule has 2 atom stereocenters. The molecule has 0 saturated heterocycles. The summed E-state index contributed by atoms with van der Waals surface area (Å²) in [6.07, 6.45) is 2.88. The molecule has 4 heteroatoms. The quantitative estimate of drug-likeness (QED) is 0.851. The van der Waals surface area contributed by atoms with E-state index in [0.29, 0.717) is 18.2 Å². The number of carbonyl (C=O) groups is 1. The highest BCUT2D eigenvalue weighted by atomic mass is 16.4. The topological polar surface area (TPSA) is 73.1 Å². The summed E-state index contributed by atoms with van der Waals surface area (Å²) in [5.74, 6) is -0.727. The summed E-state index contributed by atoms with van der Waals surface area (Å²) in [5, 5.41) is 21.1. The Morgan fingerprint density at radius 1 is 1.50 bits per heavy atom. The van der Waals surface area contributed by atoms with Crippen molar-refractivity contribution in [3.05, 3.63) is 35.4 Å². The molecule has 1 aromatic rings. The molecule has 0 bridgehead atoms. The van der Waals surface area contributed by atoms with Crippen LogP contribution in [0.15, 0.2) is 24.3 Å². The van der Waals surface area contributed by atoms with E-state index in [-0.39, 0.29) is 5.92 Å². The fourth-order valence-corrected chi connectivity index (χ4v) is 2.36. The van der Waals surface area contributed by atoms with Crippen molar-refractivity contribution in [2.75, 3.05) is 0 Å². The van der Waals surface area contributed by atoms with Crippen LogP contribution in [-0.2, 0) is 6.54 Å². The number of nitrogens with one attached hydrogen (secondary N) is 1. The van der Waals surface area contributed by atoms with Crippen molar-refractivity contribution in [1.82, 2.24) is 5.32 Å². The summed E-state index contributed by atoms with van der Waals surface area (Å²) in [7, 11) is 0. The van der Waals surface area contributed by atoms with E-state index in [1.165, 1.54) is 0 Å². The van der Waals surface area contributed by atoms with Crippen LogP contribution in [0.25, 0.3) is 0 Å². The molecule has 0 aromatic heterocycles. The lowest BCUT2D eigenvalue weighted by Gasteiger charge is -2.12. The van der Waals surface area contributed by atoms with Crippen LogP contribution in [0.5, 0.6) is 0 Å². The molecule has 2 N–H and O–H groups in total. The van der Waals surface area contributed by atoms with Crippen LogP contribution in [0.2, 0.25) is 0 Å². The van der Waals surface area contributed by atoms with E-state index >= 15 is 0 Å². The maximum absolute atomic E-state index is 10.8. The Hall–Kier alpha value is -1.86. The molecule has 0 heterocycles. The molecule has 1 aromatic carbocycles. The number of carboxylic acid groups (broad SMARTS) is 1. The number of rotatable bonds is 4. The summed E-state index contributed by atoms with van der Waals surface area (Å²) < 4.78 is 0. The van der Waals surface area contributed by atoms with Gasteiger partial charge in [0.15, 0.2) is 0 Å². The second kappa shape index (κ2) is 5.65. The number of carboxylic acids is 1. The summed E-state index contributed by atoms with van der Waals surface area (Å²) in [5.41, 5.74) is 1.28. The Kier molecular flexibility index (Phi) is 3.96. The lowest BCUT2D eigenvalue weighted by atomic mass is 10.1. The van der Waals surface area contributed by atoms with Gasteiger partial charge in [-0.2, -0.15) is 5.26 Å². The summed E-state index contributed by atoms with van der Waals surface area (Å²) in [4.78, 5) is 10.8. The van der Waals surface area contributed by atoms with Gasteiger partial charge in [0.1, 0.15) is 0 Å². The number of nitriles is 1. The highest BCUT2D eigenvalue weighted by molar-refractivity contribution is 5.87. The van der Waals surface area contributed by atoms with Crippen LogP contribution >= 0.6 is 0 Å². The van der Waals surface area contributed by atoms with Crippen molar-refractivity contribution < 1.29 is 9.90 Å². The lowest BCUT2D eigenvalue weighted by Crippen LogP contribution is -2.25. The van der Waals surface area contributed by atoms with Gasteiger partial charge in [0.2, 0.25) is 0 Å². The molecule has 18 heavy (non-hydrogen) atoms. The maximum atomic E-state index is 10.8. The Morgan fingerprint density at radius 3 is 3.00 bits per heavy atom. The van der Waals surface area contributed by atoms with Gasteiger partial charge in [0, 0.05) is 18.5 Å². The highest BCUT2D eigenvalue weighted by Gasteiger charge is 2.23. The molecule has 0 unspecified atom stereocenters. The van der Waals surface area contributed by atoms with Gasteiger partial charge in [-0.25, -0.2) is 4.79 Å². The molecule has 4 nitrogen and oxygen atoms in total. The van der Waals surface area contributed by atoms with Gasteiger partial charge in [-0.1, -0.05) is 12.1 Å². The second-order valence-corrected chi connectivity index (χ2v) is 4.72. The third kappa shape index (κ3) is 3.08. The van der Waals surface area contributed by atoms with Crippen LogP contribution in [0.3, 0.4) is 0 Å². The normalized spacial score (nSPS) is 22.6. The van der Waals surface area contributed by atoms with Gasteiger partial charge in [-0.15, -0.1) is 0 Å². The minimum Gasteiger partial charge on any atom is -0.478 e. The number of hydrogen-bond donors (Lipinski definition) is 2. The third-order valence-corrected chi connectivity index (χ3v) is 3.38. The fraction of sp³-hybridized carbons (Fsp3) is 0.429. The standard InChI is InChI=1S/C14H16N2O2/c15-8-10-4-5-13(7-10)16-9-11-2-1-3-12(6-11)14(17)18/h1-3,6,10,13,16H,4-5,7,9H2,(H,17,18)/t10-,13+/m0/s1. The Balaban J connectivity index is 1.89. The molecule has 1 fully saturated rings. The average Bonchev–Trinajstić information content (AvgIpc) is 2.84. The van der Waals surface area contributed by atoms with Gasteiger partial charge < -0.3 is 10.4 Å². The Labute approximate surface area is 106 Å². The molecule has 2 rings (SSSR count). The predicted molar refractivity (Wildman–Crippen MR) is 67.0 cm³/mol. The summed E-state index contributed by atoms with van der Waals surface area (Å²) >= 11 is 0. The monoisotopic (exact) mass is 244 g/mol. The minimum absolute atomic E-state index is 0.174. The van der Waals surface area contributed by atoms with E-state index in [9.17, 15) is 4.79 Å². The van der Waals surface area contributed by atoms with Crippen molar-refractivity contribution in [2.24, 2.45) is 5.92 Å². The van der Waals surface area contributed by atoms with E-state index in [2.05, 4.69) is 11.4 Å². The van der Waals surface area contributed by atoms with E-state index < -0.39 is 5.97 Å². The minimum atomic E-state index is -0.901. The molecule has 0 aliphatic heterocycles. The van der Waals surface area contributed by atoms with Gasteiger partial charge in [-0.05, 0) is 37.0 Å². The van der Waals surface area contributed by atoms with E-state index in [1.807, 2.05) is 6.07 Å². The lowest BCUT2D eigenvalue weighted by molar-refractivity contribution is 0.0696. The van der Waals surface area contributed by atoms with Crippen molar-refractivity contribution in [3.63, 3.8) is 0 Å². The number of aromatic carboxylic acids is 1. The first-order valence-corrected chi connectivity index (χ1v) is 6.14. The fourth-order valence-electron chi connectivity index (χ4n) is 2.36. The molecule has 1 aliphatic carbocycles. The van der Waals surface area contributed by atoms with Crippen LogP contribution in [0.4, 0.5) is 0 Å². The van der Waals surface area contributed by atoms with Gasteiger partial charge in [0.25, 0.3) is 0 Å². The van der Waals surface area contributed by atoms with E-state index in [4.69, 9.17) is 10.4 Å². The Bertz CT molecular complexity index is 479. The second-order valence-electron chi connectivity index (χ2n) is 4.72. The average molecular weight is 244 g/mol. The van der Waals surface area contributed by atoms with E-state index in [1.54, 1.807) is 18.2 Å². The molecule has 1 aliphatic rings. The third-order valence-electron chi connectivity index (χ3n) is 3.38. The molecule has 1 saturated carbocycles. The molecule has 0 spiro atoms. The zero-order valence-electron chi connectivity index (χ0n) is 10.1. The molecular weight excluding hydrogens is 228 g/mol. The van der Waals surface area contributed by atoms with Crippen molar-refractivity contribution in [2.45, 2.75) is 31.8 Å². The first-order valence-electron chi connectivity index (χ1n) is 6.14. The Morgan fingerprint density at radius 2 is 2.33 bits per heavy atom. The highest BCUT2D eigenvalue weighted by Crippen LogP contribution is 2.24. The van der Waals surface area contributed by atoms with Crippen molar-refractivity contribution >= 4 is 5.97 Å². The zero-order valence-corrected chi connectivity index (χ0v) is 10.1. The smallest absolute Gasteiger partial charge is 0.335 e. The molecule has 0 amide bonds. The van der Waals surface area contributed by atoms with Crippen molar-refractivity contribution in [3.8, 4) is 6.07 Å². The zero-order chi connectivity index (χ0) is 13.0. The maximum Gasteiger partial charge on any atom is 0.335 e. The SMILES string of the molecule is N#C[C@H]1CC[C@@H](NCc2cccc(C(=O)O)c2)C1. The molecule has 94 valence electrons. The molecular formula is C14H16N2O2. The van der Waals surface area contributed by atoms with Gasteiger partial charge >= 0.3 is 5.97 Å². The number of hydrogen-bond acceptors (Lipinski definition) is 3. The number of nitrogens with zero attached hydrogens (tertiary/aromatic N) is 1. The van der Waals surface area contributed by atoms with Crippen LogP contribution in [0, 0.1) is 17.2 Å². The first-order chi connectivity index (χ1) is 8.69. The van der Waals surface area contributed by atoms with Crippen LogP contribution < -0.4 is 5.32 Å². The van der Waals surface area contributed by atoms with E-state index in [0.717, 1.165) is 24.8 Å². The molecule has 0 radical (unpaired) electrons. The largest absolute Gasteiger partial charge is 0.478 e. The summed E-state index contributed by atoms with van der Waals surface area (Å²) in [6.45, 7) is 0.657. The van der Waals surface area contributed by atoms with Crippen molar-refractivity contribution in [1.29, 1.82) is 5.26 Å². The van der Waals surface area contributed by atoms with Crippen LogP contribution in [-0.4, -0.2) is 17.1 Å². The predicted octanol–water partition coefficient (Wildman–Crippen LogP) is 2.17.